The van der Waals surface area contributed by atoms with Gasteiger partial charge in [0.05, 0.1) is 12.1 Å². The molecule has 4 atom stereocenters. The first kappa shape index (κ1) is 40.8. The first-order valence-corrected chi connectivity index (χ1v) is 18.7. The fourth-order valence-corrected chi connectivity index (χ4v) is 7.09. The normalized spacial score (nSPS) is 20.8. The van der Waals surface area contributed by atoms with E-state index in [-0.39, 0.29) is 47.7 Å². The van der Waals surface area contributed by atoms with Crippen LogP contribution in [0.25, 0.3) is 0 Å². The van der Waals surface area contributed by atoms with Gasteiger partial charge in [-0.15, -0.1) is 0 Å². The van der Waals surface area contributed by atoms with Crippen molar-refractivity contribution in [2.75, 3.05) is 26.7 Å². The number of hydrogen-bond donors (Lipinski definition) is 2. The topological polar surface area (TPSA) is 102 Å². The average Bonchev–Trinajstić information content (AvgIpc) is 3.52. The van der Waals surface area contributed by atoms with E-state index in [1.807, 2.05) is 40.7 Å². The minimum atomic E-state index is -0.718. The quantitative estimate of drug-likeness (QED) is 0.146. The molecule has 47 heavy (non-hydrogen) atoms. The summed E-state index contributed by atoms with van der Waals surface area (Å²) in [7, 11) is 1.77. The van der Waals surface area contributed by atoms with Gasteiger partial charge in [-0.1, -0.05) is 92.6 Å². The zero-order valence-corrected chi connectivity index (χ0v) is 31.6. The molecule has 0 bridgehead atoms. The van der Waals surface area contributed by atoms with Crippen LogP contribution in [0, 0.1) is 11.3 Å². The van der Waals surface area contributed by atoms with Crippen LogP contribution in [0.5, 0.6) is 0 Å². The second-order valence-corrected chi connectivity index (χ2v) is 15.8. The number of unbranched alkanes of at least 4 members (excludes halogenated alkanes) is 6. The Bertz CT molecular complexity index is 1050. The maximum Gasteiger partial charge on any atom is 0.249 e. The zero-order chi connectivity index (χ0) is 35.3. The van der Waals surface area contributed by atoms with Gasteiger partial charge in [-0.2, -0.15) is 0 Å². The Labute approximate surface area is 287 Å². The average molecular weight is 660 g/mol. The van der Waals surface area contributed by atoms with Crippen molar-refractivity contribution >= 4 is 23.6 Å². The molecule has 2 N–H and O–H groups in total. The van der Waals surface area contributed by atoms with Crippen LogP contribution in [-0.4, -0.2) is 95.2 Å². The van der Waals surface area contributed by atoms with Crippen LogP contribution in [0.15, 0.2) is 11.6 Å². The summed E-state index contributed by atoms with van der Waals surface area (Å²) in [6.07, 6.45) is 14.5. The lowest BCUT2D eigenvalue weighted by molar-refractivity contribution is -0.142. The lowest BCUT2D eigenvalue weighted by atomic mass is 9.84. The van der Waals surface area contributed by atoms with Crippen LogP contribution in [0.2, 0.25) is 0 Å². The van der Waals surface area contributed by atoms with Crippen molar-refractivity contribution < 1.29 is 19.2 Å². The highest BCUT2D eigenvalue weighted by molar-refractivity contribution is 5.97. The third-order valence-corrected chi connectivity index (χ3v) is 10.0. The van der Waals surface area contributed by atoms with E-state index in [1.165, 1.54) is 32.1 Å². The van der Waals surface area contributed by atoms with E-state index in [0.717, 1.165) is 45.1 Å². The molecule has 2 saturated heterocycles. The van der Waals surface area contributed by atoms with Gasteiger partial charge in [0.25, 0.3) is 0 Å². The van der Waals surface area contributed by atoms with E-state index in [1.54, 1.807) is 23.8 Å². The number of carbonyl (C=O) groups excluding carboxylic acids is 4. The molecule has 2 heterocycles. The number of nitrogens with zero attached hydrogens (tertiary/aromatic N) is 3. The standard InChI is InChI=1S/C38H69N5O4/c1-11-12-13-14-15-16-18-23-39-34(44)30-22-20-25-43(30)36(46)29(6)26-32(27(2)3)41(10)37(47)33(38(7,8)9)40-35(45)31-21-17-19-24-42(31)28(4)5/h26-28,30-33H,11-25H2,1-10H3,(H,39,44)(H,40,45)/b29-26+/t30-,31+,32+,33+/m0/s1. The molecule has 0 radical (unpaired) electrons. The molecule has 0 unspecified atom stereocenters. The number of piperidine rings is 1. The molecule has 9 nitrogen and oxygen atoms in total. The molecule has 2 aliphatic rings. The Kier molecular flexibility index (Phi) is 16.9. The van der Waals surface area contributed by atoms with E-state index in [4.69, 9.17) is 0 Å². The van der Waals surface area contributed by atoms with Gasteiger partial charge >= 0.3 is 0 Å². The fraction of sp³-hybridized carbons (Fsp3) is 0.842. The number of likely N-dealkylation sites (tertiary alicyclic amines) is 2. The van der Waals surface area contributed by atoms with Crippen molar-refractivity contribution in [2.24, 2.45) is 11.3 Å². The molecular formula is C38H69N5O4. The van der Waals surface area contributed by atoms with Crippen LogP contribution in [0.4, 0.5) is 0 Å². The molecular weight excluding hydrogens is 590 g/mol. The van der Waals surface area contributed by atoms with Crippen molar-refractivity contribution in [3.63, 3.8) is 0 Å². The van der Waals surface area contributed by atoms with Crippen molar-refractivity contribution in [3.05, 3.63) is 11.6 Å². The summed E-state index contributed by atoms with van der Waals surface area (Å²) in [6, 6.07) is -1.53. The van der Waals surface area contributed by atoms with Crippen molar-refractivity contribution in [1.82, 2.24) is 25.3 Å². The summed E-state index contributed by atoms with van der Waals surface area (Å²) in [5.41, 5.74) is 0.0147. The molecule has 2 fully saturated rings. The Morgan fingerprint density at radius 3 is 2.06 bits per heavy atom. The molecule has 4 amide bonds. The van der Waals surface area contributed by atoms with Gasteiger partial charge in [-0.3, -0.25) is 24.1 Å². The summed E-state index contributed by atoms with van der Waals surface area (Å²) >= 11 is 0. The van der Waals surface area contributed by atoms with Gasteiger partial charge in [0.2, 0.25) is 23.6 Å². The summed E-state index contributed by atoms with van der Waals surface area (Å²) in [5.74, 6) is -0.459. The fourth-order valence-electron chi connectivity index (χ4n) is 7.09. The summed E-state index contributed by atoms with van der Waals surface area (Å²) in [4.78, 5) is 60.2. The summed E-state index contributed by atoms with van der Waals surface area (Å²) < 4.78 is 0. The zero-order valence-electron chi connectivity index (χ0n) is 31.6. The summed E-state index contributed by atoms with van der Waals surface area (Å²) in [5, 5.41) is 6.22. The highest BCUT2D eigenvalue weighted by atomic mass is 16.2. The third-order valence-electron chi connectivity index (χ3n) is 10.0. The molecule has 0 aromatic rings. The Morgan fingerprint density at radius 1 is 0.851 bits per heavy atom. The molecule has 270 valence electrons. The number of hydrogen-bond acceptors (Lipinski definition) is 5. The molecule has 2 aliphatic heterocycles. The number of rotatable bonds is 17. The third kappa shape index (κ3) is 12.2. The van der Waals surface area contributed by atoms with Crippen LogP contribution in [-0.2, 0) is 19.2 Å². The number of likely N-dealkylation sites (N-methyl/N-ethyl adjacent to an activating group) is 1. The minimum absolute atomic E-state index is 0.0254. The highest BCUT2D eigenvalue weighted by Crippen LogP contribution is 2.27. The number of amides is 4. The lowest BCUT2D eigenvalue weighted by Gasteiger charge is -2.41. The van der Waals surface area contributed by atoms with Gasteiger partial charge in [0.1, 0.15) is 12.1 Å². The predicted octanol–water partition coefficient (Wildman–Crippen LogP) is 6.07. The maximum atomic E-state index is 14.2. The Hall–Kier alpha value is -2.42. The summed E-state index contributed by atoms with van der Waals surface area (Å²) in [6.45, 7) is 20.3. The van der Waals surface area contributed by atoms with E-state index < -0.39 is 17.5 Å². The van der Waals surface area contributed by atoms with Gasteiger partial charge in [-0.25, -0.2) is 0 Å². The monoisotopic (exact) mass is 660 g/mol. The van der Waals surface area contributed by atoms with Crippen molar-refractivity contribution in [1.29, 1.82) is 0 Å². The minimum Gasteiger partial charge on any atom is -0.354 e. The van der Waals surface area contributed by atoms with E-state index in [0.29, 0.717) is 25.1 Å². The molecule has 2 rings (SSSR count). The van der Waals surface area contributed by atoms with Gasteiger partial charge in [0.15, 0.2) is 0 Å². The first-order valence-electron chi connectivity index (χ1n) is 18.7. The van der Waals surface area contributed by atoms with Crippen LogP contribution >= 0.6 is 0 Å². The molecule has 0 aromatic heterocycles. The second kappa shape index (κ2) is 19.5. The van der Waals surface area contributed by atoms with Gasteiger partial charge in [0, 0.05) is 31.8 Å². The molecule has 0 aliphatic carbocycles. The number of carbonyl (C=O) groups is 4. The molecule has 0 spiro atoms. The maximum absolute atomic E-state index is 14.2. The van der Waals surface area contributed by atoms with Crippen molar-refractivity contribution in [3.8, 4) is 0 Å². The van der Waals surface area contributed by atoms with Gasteiger partial charge in [-0.05, 0) is 70.8 Å². The second-order valence-electron chi connectivity index (χ2n) is 15.8. The highest BCUT2D eigenvalue weighted by Gasteiger charge is 2.40. The van der Waals surface area contributed by atoms with Crippen LogP contribution in [0.3, 0.4) is 0 Å². The van der Waals surface area contributed by atoms with Gasteiger partial charge < -0.3 is 20.4 Å². The van der Waals surface area contributed by atoms with Crippen molar-refractivity contribution in [2.45, 2.75) is 170 Å². The Balaban J connectivity index is 2.10. The lowest BCUT2D eigenvalue weighted by Crippen LogP contribution is -2.60. The smallest absolute Gasteiger partial charge is 0.249 e. The first-order chi connectivity index (χ1) is 22.1. The number of nitrogens with one attached hydrogen (secondary N) is 2. The molecule has 0 saturated carbocycles. The Morgan fingerprint density at radius 2 is 1.47 bits per heavy atom. The predicted molar refractivity (Wildman–Crippen MR) is 192 cm³/mol. The molecule has 0 aromatic carbocycles. The van der Waals surface area contributed by atoms with Crippen LogP contribution in [0.1, 0.15) is 139 Å². The van der Waals surface area contributed by atoms with E-state index in [2.05, 4.69) is 36.3 Å². The molecule has 9 heteroatoms. The SMILES string of the molecule is CCCCCCCCCNC(=O)[C@@H]1CCCN1C(=O)/C(C)=C/[C@H](C(C)C)N(C)C(=O)[C@@H](NC(=O)[C@H]1CCCCN1C(C)C)C(C)(C)C. The van der Waals surface area contributed by atoms with E-state index in [9.17, 15) is 19.2 Å². The van der Waals surface area contributed by atoms with E-state index >= 15 is 0 Å². The largest absolute Gasteiger partial charge is 0.354 e. The van der Waals surface area contributed by atoms with Crippen LogP contribution < -0.4 is 10.6 Å².